The zero-order valence-corrected chi connectivity index (χ0v) is 13.6. The number of sulfonamides is 1. The fourth-order valence-electron chi connectivity index (χ4n) is 2.09. The Labute approximate surface area is 126 Å². The zero-order valence-electron chi connectivity index (χ0n) is 12.8. The third-order valence-electron chi connectivity index (χ3n) is 3.34. The highest BCUT2D eigenvalue weighted by Crippen LogP contribution is 2.14. The molecule has 1 aliphatic heterocycles. The van der Waals surface area contributed by atoms with E-state index in [-0.39, 0.29) is 4.90 Å². The summed E-state index contributed by atoms with van der Waals surface area (Å²) >= 11 is 0. The second kappa shape index (κ2) is 6.89. The number of nitrogens with zero attached hydrogens (tertiary/aromatic N) is 2. The van der Waals surface area contributed by atoms with E-state index in [2.05, 4.69) is 24.0 Å². The minimum Gasteiger partial charge on any atom is -0.379 e. The third kappa shape index (κ3) is 4.52. The van der Waals surface area contributed by atoms with E-state index in [0.29, 0.717) is 38.9 Å². The molecule has 0 bridgehead atoms. The van der Waals surface area contributed by atoms with E-state index in [1.807, 2.05) is 11.6 Å². The summed E-state index contributed by atoms with van der Waals surface area (Å²) in [5.41, 5.74) is 0.936. The summed E-state index contributed by atoms with van der Waals surface area (Å²) in [6.07, 6.45) is 1.64. The van der Waals surface area contributed by atoms with E-state index in [9.17, 15) is 8.42 Å². The average Bonchev–Trinajstić information content (AvgIpc) is 2.79. The predicted molar refractivity (Wildman–Crippen MR) is 80.1 cm³/mol. The topological polar surface area (TPSA) is 75.6 Å². The van der Waals surface area contributed by atoms with E-state index in [0.717, 1.165) is 5.69 Å². The minimum absolute atomic E-state index is 0.289. The minimum atomic E-state index is -3.53. The van der Waals surface area contributed by atoms with E-state index in [4.69, 9.17) is 4.74 Å². The van der Waals surface area contributed by atoms with Gasteiger partial charge in [0, 0.05) is 44.6 Å². The monoisotopic (exact) mass is 316 g/mol. The summed E-state index contributed by atoms with van der Waals surface area (Å²) in [7, 11) is -1.68. The lowest BCUT2D eigenvalue weighted by Crippen LogP contribution is -2.48. The molecule has 7 nitrogen and oxygen atoms in total. The van der Waals surface area contributed by atoms with Gasteiger partial charge in [0.1, 0.15) is 4.90 Å². The quantitative estimate of drug-likeness (QED) is 0.775. The smallest absolute Gasteiger partial charge is 0.254 e. The van der Waals surface area contributed by atoms with Crippen molar-refractivity contribution in [3.05, 3.63) is 18.0 Å². The second-order valence-electron chi connectivity index (χ2n) is 5.51. The number of ether oxygens (including phenoxy) is 1. The molecule has 0 radical (unpaired) electrons. The second-order valence-corrected chi connectivity index (χ2v) is 7.17. The maximum absolute atomic E-state index is 12.4. The molecule has 21 heavy (non-hydrogen) atoms. The van der Waals surface area contributed by atoms with Gasteiger partial charge in [-0.2, -0.15) is 0 Å². The maximum Gasteiger partial charge on any atom is 0.254 e. The SMILES string of the molecule is CC(C)NCc1cc(S(=O)(=O)NN2CCOCC2)cn1C. The van der Waals surface area contributed by atoms with Gasteiger partial charge in [0.05, 0.1) is 13.2 Å². The Morgan fingerprint density at radius 1 is 1.33 bits per heavy atom. The number of nitrogens with one attached hydrogen (secondary N) is 2. The van der Waals surface area contributed by atoms with Crippen LogP contribution < -0.4 is 10.1 Å². The third-order valence-corrected chi connectivity index (χ3v) is 4.69. The van der Waals surface area contributed by atoms with Crippen LogP contribution in [0.2, 0.25) is 0 Å². The molecule has 0 unspecified atom stereocenters. The van der Waals surface area contributed by atoms with E-state index < -0.39 is 10.0 Å². The van der Waals surface area contributed by atoms with Gasteiger partial charge >= 0.3 is 0 Å². The summed E-state index contributed by atoms with van der Waals surface area (Å²) in [5.74, 6) is 0. The normalized spacial score (nSPS) is 17.5. The standard InChI is InChI=1S/C13H24N4O3S/c1-11(2)14-9-12-8-13(10-16(12)3)21(18,19)15-17-4-6-20-7-5-17/h8,10-11,14-15H,4-7,9H2,1-3H3. The fraction of sp³-hybridized carbons (Fsp3) is 0.692. The van der Waals surface area contributed by atoms with E-state index >= 15 is 0 Å². The van der Waals surface area contributed by atoms with Gasteiger partial charge in [0.25, 0.3) is 10.0 Å². The van der Waals surface area contributed by atoms with Gasteiger partial charge in [0.2, 0.25) is 0 Å². The molecule has 2 N–H and O–H groups in total. The Bertz CT molecular complexity index is 562. The number of rotatable bonds is 6. The average molecular weight is 316 g/mol. The number of aryl methyl sites for hydroxylation is 1. The molecule has 1 aromatic rings. The van der Waals surface area contributed by atoms with Gasteiger partial charge in [0.15, 0.2) is 0 Å². The maximum atomic E-state index is 12.4. The molecular weight excluding hydrogens is 292 g/mol. The van der Waals surface area contributed by atoms with E-state index in [1.54, 1.807) is 17.3 Å². The summed E-state index contributed by atoms with van der Waals surface area (Å²) < 4.78 is 31.8. The molecule has 0 aromatic carbocycles. The molecule has 0 aliphatic carbocycles. The van der Waals surface area contributed by atoms with Gasteiger partial charge in [-0.3, -0.25) is 0 Å². The lowest BCUT2D eigenvalue weighted by Gasteiger charge is -2.26. The van der Waals surface area contributed by atoms with Gasteiger partial charge in [-0.15, -0.1) is 4.83 Å². The molecule has 0 saturated carbocycles. The molecule has 120 valence electrons. The van der Waals surface area contributed by atoms with Crippen LogP contribution in [0.25, 0.3) is 0 Å². The highest BCUT2D eigenvalue weighted by atomic mass is 32.2. The number of aromatic nitrogens is 1. The van der Waals surface area contributed by atoms with E-state index in [1.165, 1.54) is 0 Å². The first kappa shape index (κ1) is 16.4. The summed E-state index contributed by atoms with van der Waals surface area (Å²) in [5, 5.41) is 4.96. The Hall–Kier alpha value is -0.930. The first-order valence-electron chi connectivity index (χ1n) is 7.12. The highest BCUT2D eigenvalue weighted by Gasteiger charge is 2.22. The van der Waals surface area contributed by atoms with Crippen molar-refractivity contribution in [2.24, 2.45) is 7.05 Å². The summed E-state index contributed by atoms with van der Waals surface area (Å²) in [6.45, 7) is 6.96. The Balaban J connectivity index is 2.07. The molecule has 1 fully saturated rings. The lowest BCUT2D eigenvalue weighted by molar-refractivity contribution is 0.0272. The first-order valence-corrected chi connectivity index (χ1v) is 8.60. The van der Waals surface area contributed by atoms with Gasteiger partial charge < -0.3 is 14.6 Å². The van der Waals surface area contributed by atoms with Crippen LogP contribution in [0.1, 0.15) is 19.5 Å². The first-order chi connectivity index (χ1) is 9.88. The molecule has 0 amide bonds. The molecule has 1 aliphatic rings. The zero-order chi connectivity index (χ0) is 15.5. The van der Waals surface area contributed by atoms with Crippen LogP contribution in [0, 0.1) is 0 Å². The molecule has 1 aromatic heterocycles. The van der Waals surface area contributed by atoms with Gasteiger partial charge in [-0.25, -0.2) is 13.4 Å². The van der Waals surface area contributed by atoms with Crippen molar-refractivity contribution < 1.29 is 13.2 Å². The Morgan fingerprint density at radius 3 is 2.62 bits per heavy atom. The van der Waals surface area contributed by atoms with Crippen molar-refractivity contribution in [2.75, 3.05) is 26.3 Å². The number of hydrazine groups is 1. The van der Waals surface area contributed by atoms with Gasteiger partial charge in [-0.1, -0.05) is 13.8 Å². The molecule has 2 heterocycles. The van der Waals surface area contributed by atoms with Crippen LogP contribution in [0.5, 0.6) is 0 Å². The predicted octanol–water partition coefficient (Wildman–Crippen LogP) is 0.0486. The number of hydrogen-bond acceptors (Lipinski definition) is 5. The molecule has 1 saturated heterocycles. The molecular formula is C13H24N4O3S. The largest absolute Gasteiger partial charge is 0.379 e. The van der Waals surface area contributed by atoms with Crippen LogP contribution >= 0.6 is 0 Å². The number of hydrogen-bond donors (Lipinski definition) is 2. The van der Waals surface area contributed by atoms with Crippen LogP contribution in [0.4, 0.5) is 0 Å². The van der Waals surface area contributed by atoms with Crippen molar-refractivity contribution >= 4 is 10.0 Å². The van der Waals surface area contributed by atoms with Crippen LogP contribution in [0.3, 0.4) is 0 Å². The fourth-order valence-corrected chi connectivity index (χ4v) is 3.30. The Morgan fingerprint density at radius 2 is 2.00 bits per heavy atom. The molecule has 8 heteroatoms. The van der Waals surface area contributed by atoms with Crippen molar-refractivity contribution in [1.29, 1.82) is 0 Å². The van der Waals surface area contributed by atoms with Crippen molar-refractivity contribution in [3.63, 3.8) is 0 Å². The Kier molecular flexibility index (Phi) is 5.39. The summed E-state index contributed by atoms with van der Waals surface area (Å²) in [6, 6.07) is 2.06. The highest BCUT2D eigenvalue weighted by molar-refractivity contribution is 7.89. The lowest BCUT2D eigenvalue weighted by atomic mass is 10.3. The van der Waals surface area contributed by atoms with Crippen molar-refractivity contribution in [2.45, 2.75) is 31.3 Å². The van der Waals surface area contributed by atoms with Crippen LogP contribution in [-0.4, -0.2) is 50.3 Å². The van der Waals surface area contributed by atoms with Crippen LogP contribution in [0.15, 0.2) is 17.2 Å². The molecule has 2 rings (SSSR count). The van der Waals surface area contributed by atoms with Crippen molar-refractivity contribution in [3.8, 4) is 0 Å². The van der Waals surface area contributed by atoms with Crippen LogP contribution in [-0.2, 0) is 28.4 Å². The number of morpholine rings is 1. The van der Waals surface area contributed by atoms with Gasteiger partial charge in [-0.05, 0) is 6.07 Å². The summed E-state index contributed by atoms with van der Waals surface area (Å²) in [4.78, 5) is 2.90. The molecule has 0 atom stereocenters. The molecule has 0 spiro atoms. The van der Waals surface area contributed by atoms with Crippen molar-refractivity contribution in [1.82, 2.24) is 19.7 Å².